The first-order valence-corrected chi connectivity index (χ1v) is 6.25. The van der Waals surface area contributed by atoms with E-state index >= 15 is 0 Å². The summed E-state index contributed by atoms with van der Waals surface area (Å²) < 4.78 is 0. The summed E-state index contributed by atoms with van der Waals surface area (Å²) in [6, 6.07) is 4.66. The van der Waals surface area contributed by atoms with Crippen LogP contribution in [0.15, 0.2) is 12.1 Å². The SMILES string of the molecule is Cc1cc(C)c([C@@H](N)CCC(C)C)c(C)c1. The maximum Gasteiger partial charge on any atom is 0.0300 e. The fourth-order valence-electron chi connectivity index (χ4n) is 2.43. The maximum absolute atomic E-state index is 6.30. The van der Waals surface area contributed by atoms with E-state index in [1.54, 1.807) is 0 Å². The number of aryl methyl sites for hydroxylation is 3. The van der Waals surface area contributed by atoms with Gasteiger partial charge in [-0.05, 0) is 56.2 Å². The van der Waals surface area contributed by atoms with Crippen molar-refractivity contribution in [1.29, 1.82) is 0 Å². The van der Waals surface area contributed by atoms with E-state index in [9.17, 15) is 0 Å². The second-order valence-electron chi connectivity index (χ2n) is 5.39. The minimum atomic E-state index is 0.197. The first-order chi connectivity index (χ1) is 7.41. The van der Waals surface area contributed by atoms with Gasteiger partial charge in [-0.1, -0.05) is 31.5 Å². The van der Waals surface area contributed by atoms with Crippen molar-refractivity contribution in [3.63, 3.8) is 0 Å². The summed E-state index contributed by atoms with van der Waals surface area (Å²) in [7, 11) is 0. The summed E-state index contributed by atoms with van der Waals surface area (Å²) in [6.07, 6.45) is 2.29. The van der Waals surface area contributed by atoms with Gasteiger partial charge in [0, 0.05) is 6.04 Å². The van der Waals surface area contributed by atoms with Crippen molar-refractivity contribution in [3.05, 3.63) is 34.4 Å². The molecule has 0 saturated heterocycles. The van der Waals surface area contributed by atoms with Crippen molar-refractivity contribution in [3.8, 4) is 0 Å². The van der Waals surface area contributed by atoms with Gasteiger partial charge < -0.3 is 5.73 Å². The molecule has 1 aromatic rings. The monoisotopic (exact) mass is 219 g/mol. The van der Waals surface area contributed by atoms with Crippen molar-refractivity contribution < 1.29 is 0 Å². The molecule has 0 saturated carbocycles. The summed E-state index contributed by atoms with van der Waals surface area (Å²) in [6.45, 7) is 11.0. The normalized spacial score (nSPS) is 13.2. The molecule has 0 spiro atoms. The van der Waals surface area contributed by atoms with Gasteiger partial charge >= 0.3 is 0 Å². The van der Waals surface area contributed by atoms with Gasteiger partial charge in [0.25, 0.3) is 0 Å². The summed E-state index contributed by atoms with van der Waals surface area (Å²) in [5.74, 6) is 0.733. The predicted molar refractivity (Wildman–Crippen MR) is 71.7 cm³/mol. The first-order valence-electron chi connectivity index (χ1n) is 6.25. The van der Waals surface area contributed by atoms with Gasteiger partial charge in [0.05, 0.1) is 0 Å². The van der Waals surface area contributed by atoms with Gasteiger partial charge in [0.15, 0.2) is 0 Å². The number of benzene rings is 1. The Balaban J connectivity index is 2.86. The van der Waals surface area contributed by atoms with Crippen LogP contribution in [0.3, 0.4) is 0 Å². The molecule has 0 aromatic heterocycles. The van der Waals surface area contributed by atoms with E-state index in [1.807, 2.05) is 0 Å². The number of hydrogen-bond donors (Lipinski definition) is 1. The number of hydrogen-bond acceptors (Lipinski definition) is 1. The summed E-state index contributed by atoms with van der Waals surface area (Å²) in [5.41, 5.74) is 11.7. The van der Waals surface area contributed by atoms with Crippen LogP contribution in [-0.2, 0) is 0 Å². The van der Waals surface area contributed by atoms with E-state index in [-0.39, 0.29) is 6.04 Å². The van der Waals surface area contributed by atoms with Crippen LogP contribution in [0.25, 0.3) is 0 Å². The second kappa shape index (κ2) is 5.49. The molecule has 0 aliphatic carbocycles. The van der Waals surface area contributed by atoms with Crippen LogP contribution in [0, 0.1) is 26.7 Å². The van der Waals surface area contributed by atoms with Crippen LogP contribution in [0.2, 0.25) is 0 Å². The average Bonchev–Trinajstić information content (AvgIpc) is 2.12. The van der Waals surface area contributed by atoms with Crippen molar-refractivity contribution in [2.45, 2.75) is 53.5 Å². The smallest absolute Gasteiger partial charge is 0.0300 e. The predicted octanol–water partition coefficient (Wildman–Crippen LogP) is 4.05. The van der Waals surface area contributed by atoms with Crippen molar-refractivity contribution in [2.24, 2.45) is 11.7 Å². The van der Waals surface area contributed by atoms with Gasteiger partial charge in [-0.2, -0.15) is 0 Å². The highest BCUT2D eigenvalue weighted by atomic mass is 14.6. The van der Waals surface area contributed by atoms with Crippen LogP contribution in [0.1, 0.15) is 55.0 Å². The summed E-state index contributed by atoms with van der Waals surface area (Å²) >= 11 is 0. The van der Waals surface area contributed by atoms with Crippen LogP contribution in [0.5, 0.6) is 0 Å². The van der Waals surface area contributed by atoms with Crippen molar-refractivity contribution in [2.75, 3.05) is 0 Å². The molecule has 1 aromatic carbocycles. The lowest BCUT2D eigenvalue weighted by Gasteiger charge is -2.19. The highest BCUT2D eigenvalue weighted by Crippen LogP contribution is 2.26. The fourth-order valence-corrected chi connectivity index (χ4v) is 2.43. The Morgan fingerprint density at radius 3 is 1.94 bits per heavy atom. The average molecular weight is 219 g/mol. The molecule has 1 atom stereocenters. The molecule has 90 valence electrons. The maximum atomic E-state index is 6.30. The Labute approximate surface area is 100 Å². The molecule has 0 aliphatic heterocycles. The molecule has 0 aliphatic rings. The van der Waals surface area contributed by atoms with E-state index in [1.165, 1.54) is 28.7 Å². The van der Waals surface area contributed by atoms with E-state index in [4.69, 9.17) is 5.73 Å². The molecule has 1 heteroatoms. The third kappa shape index (κ3) is 3.34. The fraction of sp³-hybridized carbons (Fsp3) is 0.600. The van der Waals surface area contributed by atoms with Crippen LogP contribution < -0.4 is 5.73 Å². The highest BCUT2D eigenvalue weighted by Gasteiger charge is 2.12. The van der Waals surface area contributed by atoms with Crippen LogP contribution in [-0.4, -0.2) is 0 Å². The number of nitrogens with two attached hydrogens (primary N) is 1. The van der Waals surface area contributed by atoms with E-state index in [0.717, 1.165) is 12.3 Å². The van der Waals surface area contributed by atoms with E-state index in [0.29, 0.717) is 0 Å². The Kier molecular flexibility index (Phi) is 4.55. The van der Waals surface area contributed by atoms with Crippen molar-refractivity contribution >= 4 is 0 Å². The van der Waals surface area contributed by atoms with Crippen LogP contribution in [0.4, 0.5) is 0 Å². The largest absolute Gasteiger partial charge is 0.324 e. The molecule has 0 fully saturated rings. The third-order valence-corrected chi connectivity index (χ3v) is 3.16. The lowest BCUT2D eigenvalue weighted by Crippen LogP contribution is -2.14. The van der Waals surface area contributed by atoms with Crippen LogP contribution >= 0.6 is 0 Å². The van der Waals surface area contributed by atoms with Crippen molar-refractivity contribution in [1.82, 2.24) is 0 Å². The molecular weight excluding hydrogens is 194 g/mol. The number of rotatable bonds is 4. The molecule has 16 heavy (non-hydrogen) atoms. The Morgan fingerprint density at radius 2 is 1.50 bits per heavy atom. The molecule has 0 bridgehead atoms. The minimum Gasteiger partial charge on any atom is -0.324 e. The standard InChI is InChI=1S/C15H25N/c1-10(2)6-7-14(16)15-12(4)8-11(3)9-13(15)5/h8-10,14H,6-7,16H2,1-5H3/t14-/m0/s1. The third-order valence-electron chi connectivity index (χ3n) is 3.16. The lowest BCUT2D eigenvalue weighted by atomic mass is 9.91. The van der Waals surface area contributed by atoms with Gasteiger partial charge in [0.2, 0.25) is 0 Å². The van der Waals surface area contributed by atoms with Gasteiger partial charge in [-0.25, -0.2) is 0 Å². The zero-order valence-electron chi connectivity index (χ0n) is 11.3. The quantitative estimate of drug-likeness (QED) is 0.812. The topological polar surface area (TPSA) is 26.0 Å². The summed E-state index contributed by atoms with van der Waals surface area (Å²) in [4.78, 5) is 0. The molecule has 1 nitrogen and oxygen atoms in total. The lowest BCUT2D eigenvalue weighted by molar-refractivity contribution is 0.505. The molecule has 2 N–H and O–H groups in total. The summed E-state index contributed by atoms with van der Waals surface area (Å²) in [5, 5.41) is 0. The molecular formula is C15H25N. The minimum absolute atomic E-state index is 0.197. The Bertz CT molecular complexity index is 329. The molecule has 1 rings (SSSR count). The van der Waals surface area contributed by atoms with E-state index in [2.05, 4.69) is 46.8 Å². The second-order valence-corrected chi connectivity index (χ2v) is 5.39. The Hall–Kier alpha value is -0.820. The van der Waals surface area contributed by atoms with Gasteiger partial charge in [-0.3, -0.25) is 0 Å². The molecule has 0 amide bonds. The molecule has 0 radical (unpaired) electrons. The zero-order chi connectivity index (χ0) is 12.3. The molecule has 0 unspecified atom stereocenters. The highest BCUT2D eigenvalue weighted by molar-refractivity contribution is 5.39. The van der Waals surface area contributed by atoms with E-state index < -0.39 is 0 Å². The Morgan fingerprint density at radius 1 is 1.00 bits per heavy atom. The molecule has 0 heterocycles. The van der Waals surface area contributed by atoms with Gasteiger partial charge in [-0.15, -0.1) is 0 Å². The zero-order valence-corrected chi connectivity index (χ0v) is 11.3. The van der Waals surface area contributed by atoms with Gasteiger partial charge in [0.1, 0.15) is 0 Å². The first kappa shape index (κ1) is 13.2.